The van der Waals surface area contributed by atoms with Crippen molar-refractivity contribution in [1.29, 1.82) is 0 Å². The van der Waals surface area contributed by atoms with Crippen LogP contribution >= 0.6 is 12.2 Å². The lowest BCUT2D eigenvalue weighted by atomic mass is 10.2. The van der Waals surface area contributed by atoms with Crippen LogP contribution in [0.15, 0.2) is 65.8 Å². The molecule has 0 unspecified atom stereocenters. The summed E-state index contributed by atoms with van der Waals surface area (Å²) in [6, 6.07) is 14.1. The van der Waals surface area contributed by atoms with Crippen molar-refractivity contribution >= 4 is 44.8 Å². The number of sulfonamides is 1. The van der Waals surface area contributed by atoms with Crippen LogP contribution in [0.1, 0.15) is 24.2 Å². The van der Waals surface area contributed by atoms with E-state index in [-0.39, 0.29) is 21.7 Å². The number of rotatable bonds is 9. The van der Waals surface area contributed by atoms with Crippen molar-refractivity contribution in [3.8, 4) is 11.6 Å². The summed E-state index contributed by atoms with van der Waals surface area (Å²) in [5, 5.41) is 5.52. The lowest BCUT2D eigenvalue weighted by Crippen LogP contribution is -2.34. The van der Waals surface area contributed by atoms with Crippen molar-refractivity contribution in [2.24, 2.45) is 5.92 Å². The Balaban J connectivity index is 1.62. The summed E-state index contributed by atoms with van der Waals surface area (Å²) >= 11 is 5.24. The molecule has 0 fully saturated rings. The molecule has 1 amide bonds. The molecule has 0 radical (unpaired) electrons. The Bertz CT molecular complexity index is 1300. The van der Waals surface area contributed by atoms with Gasteiger partial charge in [-0.1, -0.05) is 26.0 Å². The lowest BCUT2D eigenvalue weighted by Gasteiger charge is -2.14. The monoisotopic (exact) mass is 515 g/mol. The fourth-order valence-corrected chi connectivity index (χ4v) is 4.00. The Morgan fingerprint density at radius 3 is 2.49 bits per heavy atom. The number of carbonyl (C=O) groups excluding carboxylic acids is 1. The predicted molar refractivity (Wildman–Crippen MR) is 136 cm³/mol. The average Bonchev–Trinajstić information content (AvgIpc) is 2.83. The molecule has 3 N–H and O–H groups in total. The zero-order valence-electron chi connectivity index (χ0n) is 19.3. The molecule has 0 aliphatic rings. The number of anilines is 2. The lowest BCUT2D eigenvalue weighted by molar-refractivity contribution is 0.0973. The van der Waals surface area contributed by atoms with Gasteiger partial charge in [-0.3, -0.25) is 14.8 Å². The fourth-order valence-electron chi connectivity index (χ4n) is 2.79. The third-order valence-electron chi connectivity index (χ3n) is 4.44. The molecule has 3 rings (SSSR count). The van der Waals surface area contributed by atoms with Crippen molar-refractivity contribution in [3.05, 3.63) is 66.5 Å². The first kappa shape index (κ1) is 25.8. The number of nitrogens with zero attached hydrogens (tertiary/aromatic N) is 2. The van der Waals surface area contributed by atoms with Crippen molar-refractivity contribution in [3.63, 3.8) is 0 Å². The molecule has 0 spiro atoms. The minimum atomic E-state index is -3.90. The second kappa shape index (κ2) is 11.6. The predicted octanol–water partition coefficient (Wildman–Crippen LogP) is 3.45. The molecule has 35 heavy (non-hydrogen) atoms. The molecule has 10 nitrogen and oxygen atoms in total. The second-order valence-electron chi connectivity index (χ2n) is 7.68. The maximum Gasteiger partial charge on any atom is 0.263 e. The zero-order chi connectivity index (χ0) is 25.4. The summed E-state index contributed by atoms with van der Waals surface area (Å²) in [6.45, 7) is 4.50. The van der Waals surface area contributed by atoms with Gasteiger partial charge >= 0.3 is 0 Å². The Hall–Kier alpha value is -3.77. The number of methoxy groups -OCH3 is 1. The largest absolute Gasteiger partial charge is 0.492 e. The van der Waals surface area contributed by atoms with Gasteiger partial charge in [0.25, 0.3) is 15.9 Å². The molecule has 0 atom stereocenters. The molecular weight excluding hydrogens is 490 g/mol. The minimum Gasteiger partial charge on any atom is -0.492 e. The van der Waals surface area contributed by atoms with Gasteiger partial charge in [0, 0.05) is 11.8 Å². The number of aromatic nitrogens is 2. The standard InChI is InChI=1S/C23H25N5O5S2/c1-15(2)13-33-19-7-5-4-6-18(19)22(29)27-23(34)26-16-8-10-17(11-9-16)35(30,31)28-20-12-21(32-3)25-14-24-20/h4-12,14-15H,13H2,1-3H3,(H,24,25,28)(H2,26,27,29,34). The Kier molecular flexibility index (Phi) is 8.55. The van der Waals surface area contributed by atoms with Gasteiger partial charge < -0.3 is 14.8 Å². The fraction of sp³-hybridized carbons (Fsp3) is 0.217. The van der Waals surface area contributed by atoms with Crippen LogP contribution in [0.5, 0.6) is 11.6 Å². The molecule has 1 heterocycles. The molecule has 0 aliphatic carbocycles. The third kappa shape index (κ3) is 7.36. The maximum absolute atomic E-state index is 12.7. The topological polar surface area (TPSA) is 132 Å². The Labute approximate surface area is 209 Å². The maximum atomic E-state index is 12.7. The van der Waals surface area contributed by atoms with E-state index in [1.165, 1.54) is 43.8 Å². The first-order chi connectivity index (χ1) is 16.7. The van der Waals surface area contributed by atoms with Gasteiger partial charge in [-0.25, -0.2) is 18.4 Å². The smallest absolute Gasteiger partial charge is 0.263 e. The number of amides is 1. The van der Waals surface area contributed by atoms with Gasteiger partial charge in [0.2, 0.25) is 5.88 Å². The molecule has 2 aromatic carbocycles. The van der Waals surface area contributed by atoms with E-state index < -0.39 is 15.9 Å². The highest BCUT2D eigenvalue weighted by atomic mass is 32.2. The van der Waals surface area contributed by atoms with Crippen LogP contribution < -0.4 is 24.8 Å². The molecule has 1 aromatic heterocycles. The van der Waals surface area contributed by atoms with Crippen LogP contribution in [-0.2, 0) is 10.0 Å². The molecular formula is C23H25N5O5S2. The highest BCUT2D eigenvalue weighted by Gasteiger charge is 2.17. The molecule has 0 bridgehead atoms. The van der Waals surface area contributed by atoms with Crippen molar-refractivity contribution in [2.45, 2.75) is 18.7 Å². The van der Waals surface area contributed by atoms with Crippen LogP contribution in [0, 0.1) is 5.92 Å². The Morgan fingerprint density at radius 1 is 1.09 bits per heavy atom. The van der Waals surface area contributed by atoms with Crippen LogP contribution in [0.4, 0.5) is 11.5 Å². The number of nitrogens with one attached hydrogen (secondary N) is 3. The van der Waals surface area contributed by atoms with E-state index in [1.54, 1.807) is 24.3 Å². The molecule has 0 saturated carbocycles. The second-order valence-corrected chi connectivity index (χ2v) is 9.78. The summed E-state index contributed by atoms with van der Waals surface area (Å²) in [5.74, 6) is 0.637. The SMILES string of the molecule is COc1cc(NS(=O)(=O)c2ccc(NC(=S)NC(=O)c3ccccc3OCC(C)C)cc2)ncn1. The highest BCUT2D eigenvalue weighted by Crippen LogP contribution is 2.20. The third-order valence-corrected chi connectivity index (χ3v) is 6.02. The summed E-state index contributed by atoms with van der Waals surface area (Å²) < 4.78 is 38.3. The molecule has 184 valence electrons. The number of hydrogen-bond acceptors (Lipinski definition) is 8. The number of benzene rings is 2. The first-order valence-electron chi connectivity index (χ1n) is 10.5. The van der Waals surface area contributed by atoms with E-state index in [2.05, 4.69) is 25.3 Å². The summed E-state index contributed by atoms with van der Waals surface area (Å²) in [7, 11) is -2.48. The quantitative estimate of drug-likeness (QED) is 0.367. The van der Waals surface area contributed by atoms with Crippen LogP contribution in [0.2, 0.25) is 0 Å². The van der Waals surface area contributed by atoms with E-state index in [1.807, 2.05) is 13.8 Å². The molecule has 3 aromatic rings. The van der Waals surface area contributed by atoms with E-state index in [0.717, 1.165) is 0 Å². The number of carbonyl (C=O) groups is 1. The van der Waals surface area contributed by atoms with Crippen molar-refractivity contribution < 1.29 is 22.7 Å². The van der Waals surface area contributed by atoms with Gasteiger partial charge in [0.05, 0.1) is 24.2 Å². The minimum absolute atomic E-state index is 0.00631. The van der Waals surface area contributed by atoms with Crippen LogP contribution in [-0.4, -0.2) is 43.1 Å². The highest BCUT2D eigenvalue weighted by molar-refractivity contribution is 7.92. The molecule has 0 saturated heterocycles. The Morgan fingerprint density at radius 2 is 1.80 bits per heavy atom. The zero-order valence-corrected chi connectivity index (χ0v) is 20.9. The molecule has 0 aliphatic heterocycles. The van der Waals surface area contributed by atoms with Gasteiger partial charge in [-0.2, -0.15) is 0 Å². The normalized spacial score (nSPS) is 11.0. The van der Waals surface area contributed by atoms with E-state index >= 15 is 0 Å². The van der Waals surface area contributed by atoms with E-state index in [9.17, 15) is 13.2 Å². The van der Waals surface area contributed by atoms with Crippen molar-refractivity contribution in [2.75, 3.05) is 23.8 Å². The molecule has 12 heteroatoms. The van der Waals surface area contributed by atoms with Gasteiger partial charge in [-0.15, -0.1) is 0 Å². The van der Waals surface area contributed by atoms with Crippen LogP contribution in [0.3, 0.4) is 0 Å². The first-order valence-corrected chi connectivity index (χ1v) is 12.4. The average molecular weight is 516 g/mol. The number of thiocarbonyl (C=S) groups is 1. The van der Waals surface area contributed by atoms with Gasteiger partial charge in [0.1, 0.15) is 17.9 Å². The van der Waals surface area contributed by atoms with Gasteiger partial charge in [-0.05, 0) is 54.5 Å². The van der Waals surface area contributed by atoms with E-state index in [4.69, 9.17) is 21.7 Å². The van der Waals surface area contributed by atoms with Gasteiger partial charge in [0.15, 0.2) is 5.11 Å². The summed E-state index contributed by atoms with van der Waals surface area (Å²) in [6.07, 6.45) is 1.19. The van der Waals surface area contributed by atoms with Crippen molar-refractivity contribution in [1.82, 2.24) is 15.3 Å². The number of hydrogen-bond donors (Lipinski definition) is 3. The summed E-state index contributed by atoms with van der Waals surface area (Å²) in [4.78, 5) is 20.4. The number of ether oxygens (including phenoxy) is 2. The van der Waals surface area contributed by atoms with Crippen LogP contribution in [0.25, 0.3) is 0 Å². The summed E-state index contributed by atoms with van der Waals surface area (Å²) in [5.41, 5.74) is 0.841. The number of para-hydroxylation sites is 1. The van der Waals surface area contributed by atoms with E-state index in [0.29, 0.717) is 29.5 Å².